The number of nitrogens with one attached hydrogen (secondary N) is 2. The number of carbonyl (C=O) groups excluding carboxylic acids is 1. The maximum atomic E-state index is 13.8. The van der Waals surface area contributed by atoms with Crippen molar-refractivity contribution in [2.45, 2.75) is 24.6 Å². The molecule has 0 unspecified atom stereocenters. The minimum Gasteiger partial charge on any atom is -0.310 e. The van der Waals surface area contributed by atoms with Crippen LogP contribution in [0.2, 0.25) is 10.0 Å². The number of hydrogen-bond acceptors (Lipinski definition) is 1. The van der Waals surface area contributed by atoms with E-state index in [1.807, 2.05) is 5.32 Å². The molecule has 3 nitrogen and oxygen atoms in total. The summed E-state index contributed by atoms with van der Waals surface area (Å²) in [7, 11) is 0. The number of alkyl halides is 3. The Morgan fingerprint density at radius 1 is 1.27 bits per heavy atom. The van der Waals surface area contributed by atoms with Gasteiger partial charge in [-0.15, -0.1) is 0 Å². The van der Waals surface area contributed by atoms with Crippen molar-refractivity contribution in [3.05, 3.63) is 27.7 Å². The average molecular weight is 349 g/mol. The first-order valence-electron chi connectivity index (χ1n) is 6.41. The Labute approximate surface area is 134 Å². The first kappa shape index (κ1) is 15.3. The normalized spacial score (nSPS) is 23.8. The Hall–Kier alpha value is -1.58. The second-order valence-corrected chi connectivity index (χ2v) is 5.94. The Kier molecular flexibility index (Phi) is 3.46. The van der Waals surface area contributed by atoms with Gasteiger partial charge in [-0.3, -0.25) is 0 Å². The molecule has 1 aliphatic carbocycles. The summed E-state index contributed by atoms with van der Waals surface area (Å²) in [6, 6.07) is 1.61. The molecule has 22 heavy (non-hydrogen) atoms. The number of anilines is 1. The van der Waals surface area contributed by atoms with E-state index in [-0.39, 0.29) is 27.2 Å². The molecule has 116 valence electrons. The standard InChI is InChI=1S/C14H9Cl2F3N2O/c15-8-3-4-9-10(11(8)16)13(14(17,18)19,21-12(22)20-9)6-5-7-1-2-7/h3-4,7H,1-2H2,(H2,20,21,22)/t13-/m0/s1. The lowest BCUT2D eigenvalue weighted by atomic mass is 9.86. The molecule has 0 aromatic heterocycles. The van der Waals surface area contributed by atoms with Gasteiger partial charge in [0, 0.05) is 11.5 Å². The van der Waals surface area contributed by atoms with Crippen LogP contribution in [0.3, 0.4) is 0 Å². The van der Waals surface area contributed by atoms with Gasteiger partial charge in [0.2, 0.25) is 5.54 Å². The van der Waals surface area contributed by atoms with Crippen molar-refractivity contribution in [1.82, 2.24) is 5.32 Å². The molecule has 1 saturated carbocycles. The molecule has 1 atom stereocenters. The largest absolute Gasteiger partial charge is 0.427 e. The zero-order valence-corrected chi connectivity index (χ0v) is 12.5. The van der Waals surface area contributed by atoms with Crippen molar-refractivity contribution in [2.75, 3.05) is 5.32 Å². The van der Waals surface area contributed by atoms with Gasteiger partial charge in [0.05, 0.1) is 15.7 Å². The Morgan fingerprint density at radius 2 is 1.95 bits per heavy atom. The van der Waals surface area contributed by atoms with Gasteiger partial charge < -0.3 is 10.6 Å². The lowest BCUT2D eigenvalue weighted by Crippen LogP contribution is -2.59. The molecule has 2 N–H and O–H groups in total. The van der Waals surface area contributed by atoms with E-state index in [9.17, 15) is 18.0 Å². The van der Waals surface area contributed by atoms with Gasteiger partial charge >= 0.3 is 12.2 Å². The van der Waals surface area contributed by atoms with Gasteiger partial charge in [-0.1, -0.05) is 35.0 Å². The van der Waals surface area contributed by atoms with Crippen molar-refractivity contribution >= 4 is 34.9 Å². The summed E-state index contributed by atoms with van der Waals surface area (Å²) < 4.78 is 41.4. The van der Waals surface area contributed by atoms with E-state index in [4.69, 9.17) is 23.2 Å². The predicted octanol–water partition coefficient (Wildman–Crippen LogP) is 4.30. The van der Waals surface area contributed by atoms with Gasteiger partial charge in [-0.25, -0.2) is 4.79 Å². The molecular formula is C14H9Cl2F3N2O. The second-order valence-electron chi connectivity index (χ2n) is 5.15. The van der Waals surface area contributed by atoms with Crippen LogP contribution < -0.4 is 10.6 Å². The summed E-state index contributed by atoms with van der Waals surface area (Å²) >= 11 is 11.8. The molecule has 3 rings (SSSR count). The number of benzene rings is 1. The maximum absolute atomic E-state index is 13.8. The van der Waals surface area contributed by atoms with Crippen molar-refractivity contribution in [2.24, 2.45) is 5.92 Å². The number of rotatable bonds is 0. The number of halogens is 5. The van der Waals surface area contributed by atoms with Gasteiger partial charge in [0.15, 0.2) is 0 Å². The monoisotopic (exact) mass is 348 g/mol. The number of carbonyl (C=O) groups is 1. The molecule has 0 spiro atoms. The second kappa shape index (κ2) is 4.97. The Bertz CT molecular complexity index is 719. The van der Waals surface area contributed by atoms with Crippen LogP contribution in [-0.4, -0.2) is 12.2 Å². The molecule has 0 radical (unpaired) electrons. The Morgan fingerprint density at radius 3 is 2.55 bits per heavy atom. The third-order valence-electron chi connectivity index (χ3n) is 3.49. The number of urea groups is 1. The molecule has 0 bridgehead atoms. The highest BCUT2D eigenvalue weighted by molar-refractivity contribution is 6.43. The highest BCUT2D eigenvalue weighted by Gasteiger charge is 2.60. The van der Waals surface area contributed by atoms with Crippen LogP contribution in [0.15, 0.2) is 12.1 Å². The molecule has 1 aromatic carbocycles. The molecule has 2 aliphatic rings. The van der Waals surface area contributed by atoms with Crippen LogP contribution >= 0.6 is 23.2 Å². The van der Waals surface area contributed by atoms with Gasteiger partial charge in [0.1, 0.15) is 0 Å². The first-order chi connectivity index (χ1) is 10.2. The highest BCUT2D eigenvalue weighted by atomic mass is 35.5. The summed E-state index contributed by atoms with van der Waals surface area (Å²) in [5.74, 6) is 4.69. The quantitative estimate of drug-likeness (QED) is 0.674. The summed E-state index contributed by atoms with van der Waals surface area (Å²) in [4.78, 5) is 11.7. The van der Waals surface area contributed by atoms with Crippen molar-refractivity contribution in [1.29, 1.82) is 0 Å². The average Bonchev–Trinajstić information content (AvgIpc) is 3.23. The molecule has 1 aromatic rings. The highest BCUT2D eigenvalue weighted by Crippen LogP contribution is 2.48. The first-order valence-corrected chi connectivity index (χ1v) is 7.17. The van der Waals surface area contributed by atoms with E-state index in [1.54, 1.807) is 0 Å². The van der Waals surface area contributed by atoms with Crippen LogP contribution in [0.25, 0.3) is 0 Å². The summed E-state index contributed by atoms with van der Waals surface area (Å²) in [6.07, 6.45) is -3.34. The maximum Gasteiger partial charge on any atom is 0.427 e. The zero-order chi connectivity index (χ0) is 16.1. The van der Waals surface area contributed by atoms with E-state index >= 15 is 0 Å². The lowest BCUT2D eigenvalue weighted by Gasteiger charge is -2.38. The van der Waals surface area contributed by atoms with Crippen molar-refractivity contribution < 1.29 is 18.0 Å². The fraction of sp³-hybridized carbons (Fsp3) is 0.357. The summed E-state index contributed by atoms with van der Waals surface area (Å²) in [5.41, 5.74) is -3.29. The number of hydrogen-bond donors (Lipinski definition) is 2. The fourth-order valence-electron chi connectivity index (χ4n) is 2.22. The Balaban J connectivity index is 2.29. The van der Waals surface area contributed by atoms with Crippen molar-refractivity contribution in [3.63, 3.8) is 0 Å². The van der Waals surface area contributed by atoms with Gasteiger partial charge in [0.25, 0.3) is 0 Å². The molecule has 2 amide bonds. The zero-order valence-electron chi connectivity index (χ0n) is 10.9. The third kappa shape index (κ3) is 2.38. The minimum atomic E-state index is -4.85. The van der Waals surface area contributed by atoms with Crippen LogP contribution in [0.5, 0.6) is 0 Å². The molecule has 8 heteroatoms. The minimum absolute atomic E-state index is 0.0415. The molecule has 0 saturated heterocycles. The van der Waals surface area contributed by atoms with Crippen LogP contribution in [0, 0.1) is 17.8 Å². The number of fused-ring (bicyclic) bond motifs is 1. The molecule has 1 aliphatic heterocycles. The van der Waals surface area contributed by atoms with Gasteiger partial charge in [-0.2, -0.15) is 13.2 Å². The molecule has 1 heterocycles. The summed E-state index contributed by atoms with van der Waals surface area (Å²) in [5, 5.41) is 3.86. The molecular weight excluding hydrogens is 340 g/mol. The van der Waals surface area contributed by atoms with E-state index in [0.29, 0.717) is 0 Å². The third-order valence-corrected chi connectivity index (χ3v) is 4.29. The topological polar surface area (TPSA) is 41.1 Å². The fourth-order valence-corrected chi connectivity index (χ4v) is 2.69. The van der Waals surface area contributed by atoms with Crippen LogP contribution in [0.4, 0.5) is 23.7 Å². The lowest BCUT2D eigenvalue weighted by molar-refractivity contribution is -0.178. The van der Waals surface area contributed by atoms with Crippen molar-refractivity contribution in [3.8, 4) is 11.8 Å². The van der Waals surface area contributed by atoms with E-state index in [0.717, 1.165) is 12.8 Å². The predicted molar refractivity (Wildman–Crippen MR) is 76.8 cm³/mol. The van der Waals surface area contributed by atoms with E-state index < -0.39 is 17.7 Å². The van der Waals surface area contributed by atoms with E-state index in [2.05, 4.69) is 17.2 Å². The van der Waals surface area contributed by atoms with Gasteiger partial charge in [-0.05, 0) is 25.0 Å². The smallest absolute Gasteiger partial charge is 0.310 e. The SMILES string of the molecule is O=C1Nc2ccc(Cl)c(Cl)c2[C@@](C#CC2CC2)(C(F)(F)F)N1. The van der Waals surface area contributed by atoms with Crippen LogP contribution in [0.1, 0.15) is 18.4 Å². The molecule has 1 fully saturated rings. The van der Waals surface area contributed by atoms with Crippen LogP contribution in [-0.2, 0) is 5.54 Å². The van der Waals surface area contributed by atoms with E-state index in [1.165, 1.54) is 12.1 Å². The summed E-state index contributed by atoms with van der Waals surface area (Å²) in [6.45, 7) is 0. The number of amides is 2.